The lowest BCUT2D eigenvalue weighted by molar-refractivity contribution is -0.141. The third-order valence-electron chi connectivity index (χ3n) is 7.39. The molecule has 3 rings (SSSR count). The molecule has 1 aliphatic rings. The van der Waals surface area contributed by atoms with E-state index in [1.54, 1.807) is 18.2 Å². The summed E-state index contributed by atoms with van der Waals surface area (Å²) >= 11 is 0. The largest absolute Gasteiger partial charge is 0.468 e. The zero-order valence-corrected chi connectivity index (χ0v) is 26.3. The van der Waals surface area contributed by atoms with Crippen molar-refractivity contribution in [3.8, 4) is 0 Å². The van der Waals surface area contributed by atoms with Crippen LogP contribution < -0.4 is 31.5 Å². The molecule has 0 radical (unpaired) electrons. The smallest absolute Gasteiger partial charge is 0.325 e. The summed E-state index contributed by atoms with van der Waals surface area (Å²) in [7, 11) is 1.18. The lowest BCUT2D eigenvalue weighted by Gasteiger charge is -2.38. The molecule has 0 bridgehead atoms. The normalized spacial score (nSPS) is 13.2. The number of ether oxygens (including phenoxy) is 1. The van der Waals surface area contributed by atoms with Crippen molar-refractivity contribution in [3.05, 3.63) is 60.2 Å². The predicted molar refractivity (Wildman–Crippen MR) is 172 cm³/mol. The number of likely N-dealkylation sites (tertiary alicyclic amines) is 1. The quantitative estimate of drug-likeness (QED) is 0.178. The van der Waals surface area contributed by atoms with Crippen molar-refractivity contribution in [1.82, 2.24) is 26.2 Å². The standard InChI is InChI=1S/C32H43N7O7/c1-3-30(43)39(25-13-16-38(17-14-25)15-12-23-8-5-4-6-9-23)26-11-7-10-24(18-26)37-32(45)36-21-29(42)34-19-27(40)33-20-28(41)35-22-31(44)46-2/h4-11,18,25H,3,12-17,19-22H2,1-2H3,(H,33,40)(H,34,42)(H,35,41)(H2,36,37,45). The molecule has 6 amide bonds. The van der Waals surface area contributed by atoms with E-state index in [0.717, 1.165) is 38.9 Å². The summed E-state index contributed by atoms with van der Waals surface area (Å²) in [5, 5.41) is 12.0. The molecule has 5 N–H and O–H groups in total. The van der Waals surface area contributed by atoms with Gasteiger partial charge in [-0.1, -0.05) is 43.3 Å². The molecule has 0 aromatic heterocycles. The zero-order chi connectivity index (χ0) is 33.3. The molecular weight excluding hydrogens is 594 g/mol. The highest BCUT2D eigenvalue weighted by Crippen LogP contribution is 2.27. The van der Waals surface area contributed by atoms with Gasteiger partial charge in [0.2, 0.25) is 23.6 Å². The molecule has 1 aliphatic heterocycles. The SMILES string of the molecule is CCC(=O)N(c1cccc(NC(=O)NCC(=O)NCC(=O)NCC(=O)NCC(=O)OC)c1)C1CCN(CCc2ccccc2)CC1. The number of hydrogen-bond acceptors (Lipinski definition) is 8. The van der Waals surface area contributed by atoms with E-state index in [1.165, 1.54) is 12.7 Å². The minimum Gasteiger partial charge on any atom is -0.468 e. The van der Waals surface area contributed by atoms with Crippen LogP contribution in [0.1, 0.15) is 31.7 Å². The summed E-state index contributed by atoms with van der Waals surface area (Å²) < 4.78 is 4.40. The molecule has 0 unspecified atom stereocenters. The second kappa shape index (κ2) is 18.7. The molecular formula is C32H43N7O7. The Kier molecular flexibility index (Phi) is 14.5. The fraction of sp³-hybridized carbons (Fsp3) is 0.438. The molecule has 46 heavy (non-hydrogen) atoms. The third kappa shape index (κ3) is 12.2. The Morgan fingerprint density at radius 1 is 0.804 bits per heavy atom. The maximum Gasteiger partial charge on any atom is 0.325 e. The molecule has 1 saturated heterocycles. The van der Waals surface area contributed by atoms with Gasteiger partial charge in [-0.2, -0.15) is 0 Å². The Bertz CT molecular complexity index is 1350. The van der Waals surface area contributed by atoms with Gasteiger partial charge in [-0.3, -0.25) is 24.0 Å². The average molecular weight is 638 g/mol. The molecule has 14 nitrogen and oxygen atoms in total. The highest BCUT2D eigenvalue weighted by Gasteiger charge is 2.28. The van der Waals surface area contributed by atoms with Gasteiger partial charge in [-0.05, 0) is 43.0 Å². The van der Waals surface area contributed by atoms with Crippen LogP contribution in [-0.2, 0) is 35.1 Å². The highest BCUT2D eigenvalue weighted by molar-refractivity contribution is 5.96. The number of esters is 1. The van der Waals surface area contributed by atoms with Crippen LogP contribution >= 0.6 is 0 Å². The summed E-state index contributed by atoms with van der Waals surface area (Å²) in [5.74, 6) is -2.48. The van der Waals surface area contributed by atoms with Crippen molar-refractivity contribution in [2.45, 2.75) is 38.6 Å². The number of nitrogens with zero attached hydrogens (tertiary/aromatic N) is 2. The Labute approximate surface area is 268 Å². The zero-order valence-electron chi connectivity index (χ0n) is 26.3. The Morgan fingerprint density at radius 3 is 2.02 bits per heavy atom. The molecule has 0 saturated carbocycles. The topological polar surface area (TPSA) is 178 Å². The third-order valence-corrected chi connectivity index (χ3v) is 7.39. The maximum absolute atomic E-state index is 13.1. The van der Waals surface area contributed by atoms with Crippen molar-refractivity contribution < 1.29 is 33.5 Å². The van der Waals surface area contributed by atoms with E-state index < -0.39 is 42.8 Å². The minimum atomic E-state index is -0.640. The van der Waals surface area contributed by atoms with Gasteiger partial charge < -0.3 is 41.1 Å². The van der Waals surface area contributed by atoms with Crippen molar-refractivity contribution in [2.75, 3.05) is 63.1 Å². The molecule has 248 valence electrons. The molecule has 0 aliphatic carbocycles. The van der Waals surface area contributed by atoms with E-state index in [4.69, 9.17) is 0 Å². The monoisotopic (exact) mass is 637 g/mol. The first kappa shape index (κ1) is 35.5. The second-order valence-electron chi connectivity index (χ2n) is 10.7. The van der Waals surface area contributed by atoms with Crippen LogP contribution in [0, 0.1) is 0 Å². The first-order valence-corrected chi connectivity index (χ1v) is 15.3. The number of nitrogens with one attached hydrogen (secondary N) is 5. The number of carbonyl (C=O) groups excluding carboxylic acids is 6. The Hall–Kier alpha value is -4.98. The van der Waals surface area contributed by atoms with Crippen LogP contribution in [0.25, 0.3) is 0 Å². The van der Waals surface area contributed by atoms with E-state index in [-0.39, 0.29) is 25.0 Å². The molecule has 0 atom stereocenters. The molecule has 1 fully saturated rings. The van der Waals surface area contributed by atoms with E-state index in [1.807, 2.05) is 24.0 Å². The number of amides is 6. The summed E-state index contributed by atoms with van der Waals surface area (Å²) in [4.78, 5) is 76.4. The summed E-state index contributed by atoms with van der Waals surface area (Å²) in [6.45, 7) is 3.05. The van der Waals surface area contributed by atoms with E-state index in [2.05, 4.69) is 60.5 Å². The summed E-state index contributed by atoms with van der Waals surface area (Å²) in [6.07, 6.45) is 3.02. The molecule has 2 aromatic rings. The lowest BCUT2D eigenvalue weighted by atomic mass is 10.0. The van der Waals surface area contributed by atoms with Crippen molar-refractivity contribution >= 4 is 47.0 Å². The van der Waals surface area contributed by atoms with Crippen LogP contribution in [0.15, 0.2) is 54.6 Å². The number of rotatable bonds is 15. The van der Waals surface area contributed by atoms with Gasteiger partial charge in [0, 0.05) is 43.5 Å². The van der Waals surface area contributed by atoms with Crippen LogP contribution in [0.3, 0.4) is 0 Å². The first-order valence-electron chi connectivity index (χ1n) is 15.3. The van der Waals surface area contributed by atoms with Gasteiger partial charge >= 0.3 is 12.0 Å². The molecule has 1 heterocycles. The average Bonchev–Trinajstić information content (AvgIpc) is 3.08. The Balaban J connectivity index is 1.43. The van der Waals surface area contributed by atoms with E-state index in [0.29, 0.717) is 17.8 Å². The van der Waals surface area contributed by atoms with Crippen molar-refractivity contribution in [1.29, 1.82) is 0 Å². The van der Waals surface area contributed by atoms with Crippen molar-refractivity contribution in [2.24, 2.45) is 0 Å². The first-order chi connectivity index (χ1) is 22.2. The fourth-order valence-electron chi connectivity index (χ4n) is 4.92. The van der Waals surface area contributed by atoms with Crippen LogP contribution in [0.2, 0.25) is 0 Å². The predicted octanol–water partition coefficient (Wildman–Crippen LogP) is 0.780. The number of piperidine rings is 1. The van der Waals surface area contributed by atoms with Gasteiger partial charge in [-0.15, -0.1) is 0 Å². The van der Waals surface area contributed by atoms with E-state index >= 15 is 0 Å². The van der Waals surface area contributed by atoms with Gasteiger partial charge in [0.1, 0.15) is 6.54 Å². The summed E-state index contributed by atoms with van der Waals surface area (Å²) in [6, 6.07) is 16.8. The van der Waals surface area contributed by atoms with Crippen LogP contribution in [-0.4, -0.2) is 99.5 Å². The highest BCUT2D eigenvalue weighted by atomic mass is 16.5. The number of anilines is 2. The van der Waals surface area contributed by atoms with Gasteiger partial charge in [0.15, 0.2) is 0 Å². The van der Waals surface area contributed by atoms with Gasteiger partial charge in [0.05, 0.1) is 26.7 Å². The molecule has 14 heteroatoms. The molecule has 2 aromatic carbocycles. The minimum absolute atomic E-state index is 0.00636. The number of urea groups is 1. The van der Waals surface area contributed by atoms with Crippen molar-refractivity contribution in [3.63, 3.8) is 0 Å². The maximum atomic E-state index is 13.1. The Morgan fingerprint density at radius 2 is 1.41 bits per heavy atom. The molecule has 0 spiro atoms. The summed E-state index contributed by atoms with van der Waals surface area (Å²) in [5.41, 5.74) is 2.45. The number of carbonyl (C=O) groups is 6. The number of benzene rings is 2. The van der Waals surface area contributed by atoms with Gasteiger partial charge in [0.25, 0.3) is 0 Å². The van der Waals surface area contributed by atoms with Crippen LogP contribution in [0.4, 0.5) is 16.2 Å². The fourth-order valence-corrected chi connectivity index (χ4v) is 4.92. The van der Waals surface area contributed by atoms with Gasteiger partial charge in [-0.25, -0.2) is 4.79 Å². The number of methoxy groups -OCH3 is 1. The van der Waals surface area contributed by atoms with E-state index in [9.17, 15) is 28.8 Å². The van der Waals surface area contributed by atoms with Crippen LogP contribution in [0.5, 0.6) is 0 Å². The second-order valence-corrected chi connectivity index (χ2v) is 10.7. The number of hydrogen-bond donors (Lipinski definition) is 5. The lowest BCUT2D eigenvalue weighted by Crippen LogP contribution is -2.48.